The molecule has 2 rings (SSSR count). The molecule has 1 fully saturated rings. The predicted molar refractivity (Wildman–Crippen MR) is 63.2 cm³/mol. The van der Waals surface area contributed by atoms with Gasteiger partial charge in [-0.3, -0.25) is 4.79 Å². The van der Waals surface area contributed by atoms with Crippen molar-refractivity contribution in [2.24, 2.45) is 5.92 Å². The maximum Gasteiger partial charge on any atom is 0.306 e. The summed E-state index contributed by atoms with van der Waals surface area (Å²) in [4.78, 5) is 11.4. The Morgan fingerprint density at radius 2 is 2.06 bits per heavy atom. The molecule has 2 heteroatoms. The van der Waals surface area contributed by atoms with Crippen molar-refractivity contribution in [1.29, 1.82) is 0 Å². The molecule has 0 aliphatic heterocycles. The minimum absolute atomic E-state index is 0.0480. The second kappa shape index (κ2) is 5.15. The number of esters is 1. The molecule has 86 valence electrons. The Balaban J connectivity index is 1.91. The van der Waals surface area contributed by atoms with Crippen LogP contribution >= 0.6 is 0 Å². The van der Waals surface area contributed by atoms with E-state index < -0.39 is 0 Å². The lowest BCUT2D eigenvalue weighted by Gasteiger charge is -2.36. The van der Waals surface area contributed by atoms with E-state index in [1.165, 1.54) is 12.0 Å². The molecule has 0 bridgehead atoms. The molecule has 1 aliphatic carbocycles. The molecule has 0 saturated heterocycles. The predicted octanol–water partition coefficient (Wildman–Crippen LogP) is 3.13. The van der Waals surface area contributed by atoms with E-state index >= 15 is 0 Å². The first-order valence-corrected chi connectivity index (χ1v) is 6.02. The van der Waals surface area contributed by atoms with Gasteiger partial charge < -0.3 is 4.74 Å². The Labute approximate surface area is 96.6 Å². The molecular formula is C14H18O2. The Morgan fingerprint density at radius 1 is 1.31 bits per heavy atom. The quantitative estimate of drug-likeness (QED) is 0.726. The van der Waals surface area contributed by atoms with E-state index in [2.05, 4.69) is 24.3 Å². The molecule has 0 heterocycles. The largest absolute Gasteiger partial charge is 0.466 e. The molecule has 2 atom stereocenters. The number of hydrogen-bond donors (Lipinski definition) is 0. The highest BCUT2D eigenvalue weighted by Gasteiger charge is 2.33. The molecule has 2 nitrogen and oxygen atoms in total. The van der Waals surface area contributed by atoms with Crippen molar-refractivity contribution in [3.63, 3.8) is 0 Å². The summed E-state index contributed by atoms with van der Waals surface area (Å²) in [7, 11) is 0. The lowest BCUT2D eigenvalue weighted by molar-refractivity contribution is -0.145. The first-order valence-electron chi connectivity index (χ1n) is 6.02. The second-order valence-corrected chi connectivity index (χ2v) is 4.36. The van der Waals surface area contributed by atoms with Crippen LogP contribution in [-0.2, 0) is 9.53 Å². The summed E-state index contributed by atoms with van der Waals surface area (Å²) in [6, 6.07) is 10.5. The van der Waals surface area contributed by atoms with Gasteiger partial charge in [0.1, 0.15) is 0 Å². The van der Waals surface area contributed by atoms with Crippen LogP contribution in [0.1, 0.15) is 37.7 Å². The first-order chi connectivity index (χ1) is 7.81. The second-order valence-electron chi connectivity index (χ2n) is 4.36. The highest BCUT2D eigenvalue weighted by atomic mass is 16.5. The topological polar surface area (TPSA) is 26.3 Å². The molecule has 1 saturated carbocycles. The van der Waals surface area contributed by atoms with E-state index in [0.717, 1.165) is 6.42 Å². The zero-order valence-corrected chi connectivity index (χ0v) is 9.69. The Kier molecular flexibility index (Phi) is 3.60. The first kappa shape index (κ1) is 11.2. The van der Waals surface area contributed by atoms with Gasteiger partial charge in [-0.1, -0.05) is 30.3 Å². The third kappa shape index (κ3) is 2.43. The van der Waals surface area contributed by atoms with Crippen LogP contribution in [0.4, 0.5) is 0 Å². The fourth-order valence-electron chi connectivity index (χ4n) is 2.39. The van der Waals surface area contributed by atoms with Crippen molar-refractivity contribution in [1.82, 2.24) is 0 Å². The van der Waals surface area contributed by atoms with Crippen LogP contribution in [0.15, 0.2) is 30.3 Å². The SMILES string of the molecule is CCOC(=O)CC1CCC1c1ccccc1. The number of hydrogen-bond acceptors (Lipinski definition) is 2. The Hall–Kier alpha value is -1.31. The zero-order valence-electron chi connectivity index (χ0n) is 9.69. The van der Waals surface area contributed by atoms with Gasteiger partial charge in [0.05, 0.1) is 6.61 Å². The summed E-state index contributed by atoms with van der Waals surface area (Å²) in [6.45, 7) is 2.34. The molecule has 0 N–H and O–H groups in total. The molecule has 16 heavy (non-hydrogen) atoms. The van der Waals surface area contributed by atoms with Gasteiger partial charge in [0, 0.05) is 6.42 Å². The third-order valence-corrected chi connectivity index (χ3v) is 3.38. The van der Waals surface area contributed by atoms with Crippen LogP contribution in [0.5, 0.6) is 0 Å². The third-order valence-electron chi connectivity index (χ3n) is 3.38. The number of rotatable bonds is 4. The summed E-state index contributed by atoms with van der Waals surface area (Å²) in [6.07, 6.45) is 2.93. The van der Waals surface area contributed by atoms with Crippen molar-refractivity contribution >= 4 is 5.97 Å². The average molecular weight is 218 g/mol. The molecule has 1 aromatic rings. The highest BCUT2D eigenvalue weighted by Crippen LogP contribution is 2.44. The van der Waals surface area contributed by atoms with Crippen LogP contribution in [0.3, 0.4) is 0 Å². The maximum absolute atomic E-state index is 11.4. The average Bonchev–Trinajstić information content (AvgIpc) is 2.26. The van der Waals surface area contributed by atoms with E-state index in [1.54, 1.807) is 0 Å². The number of carbonyl (C=O) groups is 1. The smallest absolute Gasteiger partial charge is 0.306 e. The number of benzene rings is 1. The number of carbonyl (C=O) groups excluding carboxylic acids is 1. The van der Waals surface area contributed by atoms with Gasteiger partial charge >= 0.3 is 5.97 Å². The minimum Gasteiger partial charge on any atom is -0.466 e. The summed E-state index contributed by atoms with van der Waals surface area (Å²) >= 11 is 0. The number of ether oxygens (including phenoxy) is 1. The van der Waals surface area contributed by atoms with Crippen molar-refractivity contribution in [2.75, 3.05) is 6.61 Å². The highest BCUT2D eigenvalue weighted by molar-refractivity contribution is 5.70. The fourth-order valence-corrected chi connectivity index (χ4v) is 2.39. The molecule has 1 aromatic carbocycles. The minimum atomic E-state index is -0.0480. The van der Waals surface area contributed by atoms with Crippen LogP contribution in [0.25, 0.3) is 0 Å². The standard InChI is InChI=1S/C14H18O2/c1-2-16-14(15)10-12-8-9-13(12)11-6-4-3-5-7-11/h3-7,12-13H,2,8-10H2,1H3. The van der Waals surface area contributed by atoms with E-state index in [4.69, 9.17) is 4.74 Å². The van der Waals surface area contributed by atoms with E-state index in [9.17, 15) is 4.79 Å². The van der Waals surface area contributed by atoms with E-state index in [1.807, 2.05) is 13.0 Å². The summed E-state index contributed by atoms with van der Waals surface area (Å²) in [5, 5.41) is 0. The summed E-state index contributed by atoms with van der Waals surface area (Å²) in [5.74, 6) is 1.00. The van der Waals surface area contributed by atoms with Gasteiger partial charge in [0.25, 0.3) is 0 Å². The lowest BCUT2D eigenvalue weighted by Crippen LogP contribution is -2.27. The van der Waals surface area contributed by atoms with Crippen molar-refractivity contribution < 1.29 is 9.53 Å². The summed E-state index contributed by atoms with van der Waals surface area (Å²) in [5.41, 5.74) is 1.36. The van der Waals surface area contributed by atoms with E-state index in [0.29, 0.717) is 24.9 Å². The molecular weight excluding hydrogens is 200 g/mol. The van der Waals surface area contributed by atoms with Crippen molar-refractivity contribution in [3.8, 4) is 0 Å². The molecule has 0 radical (unpaired) electrons. The van der Waals surface area contributed by atoms with Crippen molar-refractivity contribution in [2.45, 2.75) is 32.1 Å². The molecule has 0 amide bonds. The Bertz CT molecular complexity index is 345. The zero-order chi connectivity index (χ0) is 11.4. The van der Waals surface area contributed by atoms with Crippen molar-refractivity contribution in [3.05, 3.63) is 35.9 Å². The van der Waals surface area contributed by atoms with Gasteiger partial charge in [0.15, 0.2) is 0 Å². The van der Waals surface area contributed by atoms with Gasteiger partial charge in [0.2, 0.25) is 0 Å². The van der Waals surface area contributed by atoms with Crippen LogP contribution in [-0.4, -0.2) is 12.6 Å². The van der Waals surface area contributed by atoms with Crippen LogP contribution in [0, 0.1) is 5.92 Å². The lowest BCUT2D eigenvalue weighted by atomic mass is 9.68. The normalized spacial score (nSPS) is 23.6. The van der Waals surface area contributed by atoms with Crippen LogP contribution in [0.2, 0.25) is 0 Å². The maximum atomic E-state index is 11.4. The molecule has 0 aromatic heterocycles. The van der Waals surface area contributed by atoms with Gasteiger partial charge in [-0.2, -0.15) is 0 Å². The fraction of sp³-hybridized carbons (Fsp3) is 0.500. The van der Waals surface area contributed by atoms with Gasteiger partial charge in [-0.15, -0.1) is 0 Å². The molecule has 2 unspecified atom stereocenters. The Morgan fingerprint density at radius 3 is 2.62 bits per heavy atom. The van der Waals surface area contributed by atoms with Gasteiger partial charge in [-0.05, 0) is 37.2 Å². The molecule has 0 spiro atoms. The monoisotopic (exact) mass is 218 g/mol. The van der Waals surface area contributed by atoms with Crippen LogP contribution < -0.4 is 0 Å². The van der Waals surface area contributed by atoms with E-state index in [-0.39, 0.29) is 5.97 Å². The molecule has 1 aliphatic rings. The summed E-state index contributed by atoms with van der Waals surface area (Å²) < 4.78 is 4.99. The van der Waals surface area contributed by atoms with Gasteiger partial charge in [-0.25, -0.2) is 0 Å².